The van der Waals surface area contributed by atoms with Crippen molar-refractivity contribution in [3.05, 3.63) is 23.8 Å². The smallest absolute Gasteiger partial charge is 0.179 e. The van der Waals surface area contributed by atoms with Crippen molar-refractivity contribution in [2.45, 2.75) is 83.4 Å². The van der Waals surface area contributed by atoms with E-state index in [1.807, 2.05) is 19.9 Å². The summed E-state index contributed by atoms with van der Waals surface area (Å²) in [6, 6.07) is 0. The summed E-state index contributed by atoms with van der Waals surface area (Å²) in [5, 5.41) is 21.7. The maximum Gasteiger partial charge on any atom is 0.179 e. The zero-order valence-corrected chi connectivity index (χ0v) is 18.7. The van der Waals surface area contributed by atoms with Crippen molar-refractivity contribution in [1.29, 1.82) is 0 Å². The van der Waals surface area contributed by atoms with E-state index in [1.54, 1.807) is 12.2 Å². The van der Waals surface area contributed by atoms with Gasteiger partial charge in [-0.25, -0.2) is 0 Å². The molecule has 5 aliphatic rings. The molecule has 2 N–H and O–H groups in total. The summed E-state index contributed by atoms with van der Waals surface area (Å²) in [5.74, 6) is 0.0496. The van der Waals surface area contributed by atoms with E-state index in [4.69, 9.17) is 9.47 Å². The molecule has 0 spiro atoms. The van der Waals surface area contributed by atoms with Crippen LogP contribution < -0.4 is 0 Å². The molecule has 3 saturated carbocycles. The quantitative estimate of drug-likeness (QED) is 0.715. The standard InChI is InChI=1S/C25H34O6/c1-4-5-20-30-19-11-17-16-7-6-14-10-15(27)8-9-23(14,2)21(16)18(28)12-24(17,3)22(29)25(19,13-26)31-20/h8-10,16-21,26,28H,4-7,11-13H2,1-3H3. The molecule has 0 aromatic rings. The molecular formula is C25H34O6. The number of hydrogen-bond acceptors (Lipinski definition) is 6. The van der Waals surface area contributed by atoms with Crippen molar-refractivity contribution >= 4 is 11.6 Å². The maximum atomic E-state index is 13.9. The summed E-state index contributed by atoms with van der Waals surface area (Å²) in [6.07, 6.45) is 7.94. The van der Waals surface area contributed by atoms with Crippen LogP contribution in [0, 0.1) is 28.6 Å². The number of ether oxygens (including phenoxy) is 2. The van der Waals surface area contributed by atoms with Gasteiger partial charge < -0.3 is 19.7 Å². The van der Waals surface area contributed by atoms with Crippen LogP contribution >= 0.6 is 0 Å². The van der Waals surface area contributed by atoms with E-state index in [1.165, 1.54) is 0 Å². The Bertz CT molecular complexity index is 862. The van der Waals surface area contributed by atoms with Crippen LogP contribution in [0.3, 0.4) is 0 Å². The molecular weight excluding hydrogens is 396 g/mol. The molecule has 6 nitrogen and oxygen atoms in total. The van der Waals surface area contributed by atoms with E-state index >= 15 is 0 Å². The number of hydrogen-bond donors (Lipinski definition) is 2. The van der Waals surface area contributed by atoms with Crippen molar-refractivity contribution < 1.29 is 29.3 Å². The molecule has 0 aromatic carbocycles. The molecule has 1 heterocycles. The van der Waals surface area contributed by atoms with Gasteiger partial charge in [0.25, 0.3) is 0 Å². The fourth-order valence-electron chi connectivity index (χ4n) is 7.73. The van der Waals surface area contributed by atoms with Crippen molar-refractivity contribution in [2.24, 2.45) is 28.6 Å². The molecule has 4 aliphatic carbocycles. The first-order chi connectivity index (χ1) is 14.7. The Kier molecular flexibility index (Phi) is 4.91. The van der Waals surface area contributed by atoms with E-state index in [2.05, 4.69) is 6.92 Å². The van der Waals surface area contributed by atoms with Crippen LogP contribution in [0.15, 0.2) is 23.8 Å². The fraction of sp³-hybridized carbons (Fsp3) is 0.760. The number of carbonyl (C=O) groups is 2. The minimum Gasteiger partial charge on any atom is -0.393 e. The van der Waals surface area contributed by atoms with Gasteiger partial charge in [-0.15, -0.1) is 0 Å². The van der Waals surface area contributed by atoms with Gasteiger partial charge in [0, 0.05) is 16.7 Å². The predicted molar refractivity (Wildman–Crippen MR) is 113 cm³/mol. The van der Waals surface area contributed by atoms with E-state index in [9.17, 15) is 19.8 Å². The lowest BCUT2D eigenvalue weighted by Crippen LogP contribution is -2.68. The van der Waals surface area contributed by atoms with Crippen LogP contribution in [-0.2, 0) is 19.1 Å². The van der Waals surface area contributed by atoms with E-state index < -0.39 is 36.1 Å². The first kappa shape index (κ1) is 21.5. The van der Waals surface area contributed by atoms with E-state index in [0.717, 1.165) is 24.8 Å². The fourth-order valence-corrected chi connectivity index (χ4v) is 7.73. The van der Waals surface area contributed by atoms with Crippen LogP contribution in [-0.4, -0.2) is 52.5 Å². The van der Waals surface area contributed by atoms with Gasteiger partial charge in [-0.05, 0) is 56.1 Å². The van der Waals surface area contributed by atoms with Gasteiger partial charge in [0.1, 0.15) is 0 Å². The molecule has 9 unspecified atom stereocenters. The van der Waals surface area contributed by atoms with Gasteiger partial charge in [0.15, 0.2) is 23.5 Å². The molecule has 4 fully saturated rings. The Morgan fingerprint density at radius 2 is 2.03 bits per heavy atom. The third-order valence-corrected chi connectivity index (χ3v) is 9.19. The maximum absolute atomic E-state index is 13.9. The summed E-state index contributed by atoms with van der Waals surface area (Å²) in [6.45, 7) is 5.73. The van der Waals surface area contributed by atoms with Gasteiger partial charge in [-0.1, -0.05) is 38.8 Å². The molecule has 1 aliphatic heterocycles. The third-order valence-electron chi connectivity index (χ3n) is 9.19. The summed E-state index contributed by atoms with van der Waals surface area (Å²) in [5.41, 5.74) is -1.36. The van der Waals surface area contributed by atoms with Crippen molar-refractivity contribution in [3.63, 3.8) is 0 Å². The molecule has 5 rings (SSSR count). The number of Topliss-reactive ketones (excluding diaryl/α,β-unsaturated/α-hetero) is 1. The van der Waals surface area contributed by atoms with Crippen LogP contribution in [0.2, 0.25) is 0 Å². The van der Waals surface area contributed by atoms with Crippen LogP contribution in [0.1, 0.15) is 59.3 Å². The summed E-state index contributed by atoms with van der Waals surface area (Å²) >= 11 is 0. The second-order valence-electron chi connectivity index (χ2n) is 10.8. The highest BCUT2D eigenvalue weighted by Crippen LogP contribution is 2.64. The molecule has 6 heteroatoms. The first-order valence-corrected chi connectivity index (χ1v) is 11.8. The predicted octanol–water partition coefficient (Wildman–Crippen LogP) is 2.72. The molecule has 0 amide bonds. The second kappa shape index (κ2) is 7.08. The van der Waals surface area contributed by atoms with Crippen molar-refractivity contribution in [2.75, 3.05) is 6.61 Å². The number of aliphatic hydroxyl groups excluding tert-OH is 2. The molecule has 0 aromatic heterocycles. The molecule has 1 saturated heterocycles. The monoisotopic (exact) mass is 430 g/mol. The lowest BCUT2D eigenvalue weighted by Gasteiger charge is -2.62. The van der Waals surface area contributed by atoms with Gasteiger partial charge in [-0.3, -0.25) is 9.59 Å². The SMILES string of the molecule is CCCC1OC2CC3C4CCC5=CC(=O)C=CC5(C)C4C(O)CC3(C)C(=O)C2(CO)O1. The lowest BCUT2D eigenvalue weighted by atomic mass is 9.43. The minimum absolute atomic E-state index is 0.0140. The Morgan fingerprint density at radius 1 is 1.26 bits per heavy atom. The number of fused-ring (bicyclic) bond motifs is 6. The van der Waals surface area contributed by atoms with Crippen LogP contribution in [0.5, 0.6) is 0 Å². The average Bonchev–Trinajstić information content (AvgIpc) is 3.09. The molecule has 31 heavy (non-hydrogen) atoms. The Morgan fingerprint density at radius 3 is 2.74 bits per heavy atom. The minimum atomic E-state index is -1.32. The number of ketones is 2. The first-order valence-electron chi connectivity index (χ1n) is 11.8. The number of aliphatic hydroxyl groups is 2. The summed E-state index contributed by atoms with van der Waals surface area (Å²) in [7, 11) is 0. The van der Waals surface area contributed by atoms with Gasteiger partial charge in [0.2, 0.25) is 0 Å². The van der Waals surface area contributed by atoms with Crippen molar-refractivity contribution in [1.82, 2.24) is 0 Å². The Labute approximate surface area is 183 Å². The molecule has 0 bridgehead atoms. The van der Waals surface area contributed by atoms with Gasteiger partial charge in [0.05, 0.1) is 18.8 Å². The number of rotatable bonds is 3. The highest BCUT2D eigenvalue weighted by atomic mass is 16.7. The van der Waals surface area contributed by atoms with Crippen molar-refractivity contribution in [3.8, 4) is 0 Å². The van der Waals surface area contributed by atoms with E-state index in [0.29, 0.717) is 19.3 Å². The topological polar surface area (TPSA) is 93.1 Å². The summed E-state index contributed by atoms with van der Waals surface area (Å²) < 4.78 is 12.3. The third kappa shape index (κ3) is 2.78. The Balaban J connectivity index is 1.53. The van der Waals surface area contributed by atoms with Crippen LogP contribution in [0.4, 0.5) is 0 Å². The highest BCUT2D eigenvalue weighted by Gasteiger charge is 2.70. The average molecular weight is 431 g/mol. The van der Waals surface area contributed by atoms with Gasteiger partial charge in [-0.2, -0.15) is 0 Å². The largest absolute Gasteiger partial charge is 0.393 e. The lowest BCUT2D eigenvalue weighted by molar-refractivity contribution is -0.193. The Hall–Kier alpha value is -1.34. The summed E-state index contributed by atoms with van der Waals surface area (Å²) in [4.78, 5) is 25.9. The highest BCUT2D eigenvalue weighted by molar-refractivity contribution is 6.01. The molecule has 9 atom stereocenters. The zero-order chi connectivity index (χ0) is 22.2. The second-order valence-corrected chi connectivity index (χ2v) is 10.8. The van der Waals surface area contributed by atoms with E-state index in [-0.39, 0.29) is 34.7 Å². The van der Waals surface area contributed by atoms with Crippen LogP contribution in [0.25, 0.3) is 0 Å². The number of allylic oxidation sites excluding steroid dienone is 4. The molecule has 170 valence electrons. The zero-order valence-electron chi connectivity index (χ0n) is 18.7. The number of carbonyl (C=O) groups excluding carboxylic acids is 2. The molecule has 0 radical (unpaired) electrons. The van der Waals surface area contributed by atoms with Gasteiger partial charge >= 0.3 is 0 Å². The normalized spacial score (nSPS) is 50.9.